The van der Waals surface area contributed by atoms with Crippen LogP contribution in [0.3, 0.4) is 0 Å². The standard InChI is InChI=1S/C13H15NO5S/c1-4-18-13(15)10-7-9-8(2)5-6-11(12(9)14-10)19-20(3,16)17/h5-7,14H,4H2,1-3H3. The van der Waals surface area contributed by atoms with Gasteiger partial charge in [-0.2, -0.15) is 8.42 Å². The van der Waals surface area contributed by atoms with Gasteiger partial charge in [-0.05, 0) is 31.5 Å². The molecule has 6 nitrogen and oxygen atoms in total. The van der Waals surface area contributed by atoms with E-state index >= 15 is 0 Å². The lowest BCUT2D eigenvalue weighted by Gasteiger charge is -2.05. The van der Waals surface area contributed by atoms with Crippen LogP contribution in [0.15, 0.2) is 18.2 Å². The van der Waals surface area contributed by atoms with Crippen molar-refractivity contribution in [3.05, 3.63) is 29.5 Å². The van der Waals surface area contributed by atoms with E-state index < -0.39 is 16.1 Å². The average Bonchev–Trinajstić information content (AvgIpc) is 2.78. The SMILES string of the molecule is CCOC(=O)c1cc2c(C)ccc(OS(C)(=O)=O)c2[nH]1. The third kappa shape index (κ3) is 2.93. The zero-order valence-electron chi connectivity index (χ0n) is 11.4. The van der Waals surface area contributed by atoms with E-state index in [4.69, 9.17) is 8.92 Å². The summed E-state index contributed by atoms with van der Waals surface area (Å²) in [6.07, 6.45) is 0.966. The van der Waals surface area contributed by atoms with Crippen molar-refractivity contribution in [2.24, 2.45) is 0 Å². The molecule has 1 aromatic heterocycles. The minimum Gasteiger partial charge on any atom is -0.461 e. The summed E-state index contributed by atoms with van der Waals surface area (Å²) in [5, 5.41) is 0.717. The Bertz CT molecular complexity index is 760. The highest BCUT2D eigenvalue weighted by molar-refractivity contribution is 7.86. The number of aromatic nitrogens is 1. The lowest BCUT2D eigenvalue weighted by molar-refractivity contribution is 0.0520. The smallest absolute Gasteiger partial charge is 0.354 e. The van der Waals surface area contributed by atoms with Gasteiger partial charge in [0.25, 0.3) is 0 Å². The monoisotopic (exact) mass is 297 g/mol. The molecule has 0 saturated heterocycles. The predicted octanol–water partition coefficient (Wildman–Crippen LogP) is 1.99. The van der Waals surface area contributed by atoms with E-state index in [1.165, 1.54) is 0 Å². The maximum Gasteiger partial charge on any atom is 0.354 e. The Kier molecular flexibility index (Phi) is 3.71. The molecule has 1 N–H and O–H groups in total. The van der Waals surface area contributed by atoms with Crippen LogP contribution in [0.4, 0.5) is 0 Å². The fourth-order valence-corrected chi connectivity index (χ4v) is 2.35. The van der Waals surface area contributed by atoms with Crippen molar-refractivity contribution in [3.8, 4) is 5.75 Å². The highest BCUT2D eigenvalue weighted by atomic mass is 32.2. The van der Waals surface area contributed by atoms with Crippen LogP contribution in [0.1, 0.15) is 23.0 Å². The molecule has 1 heterocycles. The Hall–Kier alpha value is -2.02. The molecule has 0 aliphatic rings. The number of ether oxygens (including phenoxy) is 1. The fourth-order valence-electron chi connectivity index (χ4n) is 1.89. The molecule has 2 aromatic rings. The van der Waals surface area contributed by atoms with Gasteiger partial charge in [0, 0.05) is 5.39 Å². The Morgan fingerprint density at radius 2 is 2.05 bits per heavy atom. The molecule has 0 radical (unpaired) electrons. The second-order valence-electron chi connectivity index (χ2n) is 4.36. The van der Waals surface area contributed by atoms with Crippen LogP contribution in [0.25, 0.3) is 10.9 Å². The molecular weight excluding hydrogens is 282 g/mol. The molecule has 0 unspecified atom stereocenters. The van der Waals surface area contributed by atoms with Gasteiger partial charge in [0.1, 0.15) is 5.69 Å². The predicted molar refractivity (Wildman–Crippen MR) is 74.5 cm³/mol. The maximum atomic E-state index is 11.7. The van der Waals surface area contributed by atoms with Crippen molar-refractivity contribution >= 4 is 27.0 Å². The number of aryl methyl sites for hydroxylation is 1. The second kappa shape index (κ2) is 5.16. The van der Waals surface area contributed by atoms with Crippen molar-refractivity contribution in [3.63, 3.8) is 0 Å². The van der Waals surface area contributed by atoms with E-state index in [1.54, 1.807) is 25.1 Å². The molecule has 0 amide bonds. The summed E-state index contributed by atoms with van der Waals surface area (Å²) < 4.78 is 32.3. The number of carbonyl (C=O) groups is 1. The molecule has 1 aromatic carbocycles. The van der Waals surface area contributed by atoms with E-state index in [1.807, 2.05) is 6.92 Å². The van der Waals surface area contributed by atoms with Crippen LogP contribution in [0.5, 0.6) is 5.75 Å². The average molecular weight is 297 g/mol. The highest BCUT2D eigenvalue weighted by Gasteiger charge is 2.16. The van der Waals surface area contributed by atoms with Crippen molar-refractivity contribution in [1.82, 2.24) is 4.98 Å². The molecule has 0 fully saturated rings. The Morgan fingerprint density at radius 3 is 2.65 bits per heavy atom. The van der Waals surface area contributed by atoms with Crippen LogP contribution in [-0.4, -0.2) is 32.2 Å². The van der Waals surface area contributed by atoms with Crippen LogP contribution in [-0.2, 0) is 14.9 Å². The van der Waals surface area contributed by atoms with E-state index in [9.17, 15) is 13.2 Å². The largest absolute Gasteiger partial charge is 0.461 e. The van der Waals surface area contributed by atoms with Crippen molar-refractivity contribution in [1.29, 1.82) is 0 Å². The maximum absolute atomic E-state index is 11.7. The summed E-state index contributed by atoms with van der Waals surface area (Å²) in [4.78, 5) is 14.6. The lowest BCUT2D eigenvalue weighted by Crippen LogP contribution is -2.06. The van der Waals surface area contributed by atoms with E-state index in [0.717, 1.165) is 11.8 Å². The Morgan fingerprint density at radius 1 is 1.35 bits per heavy atom. The first kappa shape index (κ1) is 14.4. The number of fused-ring (bicyclic) bond motifs is 1. The van der Waals surface area contributed by atoms with Gasteiger partial charge in [0.15, 0.2) is 5.75 Å². The minimum atomic E-state index is -3.64. The van der Waals surface area contributed by atoms with Gasteiger partial charge in [-0.1, -0.05) is 6.07 Å². The summed E-state index contributed by atoms with van der Waals surface area (Å²) in [6, 6.07) is 4.90. The van der Waals surface area contributed by atoms with Crippen molar-refractivity contribution in [2.75, 3.05) is 12.9 Å². The molecule has 108 valence electrons. The fraction of sp³-hybridized carbons (Fsp3) is 0.308. The molecule has 2 rings (SSSR count). The summed E-state index contributed by atoms with van der Waals surface area (Å²) in [5.41, 5.74) is 1.61. The summed E-state index contributed by atoms with van der Waals surface area (Å²) >= 11 is 0. The van der Waals surface area contributed by atoms with Gasteiger partial charge in [-0.15, -0.1) is 0 Å². The Balaban J connectivity index is 2.56. The first-order valence-electron chi connectivity index (χ1n) is 6.00. The minimum absolute atomic E-state index is 0.156. The van der Waals surface area contributed by atoms with Crippen LogP contribution in [0, 0.1) is 6.92 Å². The van der Waals surface area contributed by atoms with Crippen LogP contribution < -0.4 is 4.18 Å². The molecule has 0 spiro atoms. The van der Waals surface area contributed by atoms with E-state index in [2.05, 4.69) is 4.98 Å². The third-order valence-corrected chi connectivity index (χ3v) is 3.19. The normalized spacial score (nSPS) is 11.6. The van der Waals surface area contributed by atoms with Gasteiger partial charge in [-0.25, -0.2) is 4.79 Å². The highest BCUT2D eigenvalue weighted by Crippen LogP contribution is 2.29. The quantitative estimate of drug-likeness (QED) is 0.689. The zero-order valence-corrected chi connectivity index (χ0v) is 12.2. The molecule has 7 heteroatoms. The molecule has 20 heavy (non-hydrogen) atoms. The molecule has 0 atom stereocenters. The van der Waals surface area contributed by atoms with Gasteiger partial charge in [0.2, 0.25) is 0 Å². The van der Waals surface area contributed by atoms with Crippen molar-refractivity contribution in [2.45, 2.75) is 13.8 Å². The lowest BCUT2D eigenvalue weighted by atomic mass is 10.1. The number of hydrogen-bond acceptors (Lipinski definition) is 5. The Labute approximate surface area is 116 Å². The van der Waals surface area contributed by atoms with Gasteiger partial charge in [0.05, 0.1) is 18.4 Å². The summed E-state index contributed by atoms with van der Waals surface area (Å²) in [7, 11) is -3.64. The number of hydrogen-bond donors (Lipinski definition) is 1. The van der Waals surface area contributed by atoms with E-state index in [-0.39, 0.29) is 18.1 Å². The van der Waals surface area contributed by atoms with Gasteiger partial charge < -0.3 is 13.9 Å². The molecule has 0 bridgehead atoms. The number of carbonyl (C=O) groups excluding carboxylic acids is 1. The summed E-state index contributed by atoms with van der Waals surface area (Å²) in [5.74, 6) is -0.336. The zero-order chi connectivity index (χ0) is 14.9. The molecular formula is C13H15NO5S. The first-order valence-corrected chi connectivity index (χ1v) is 7.82. The first-order chi connectivity index (χ1) is 9.31. The molecule has 0 aliphatic heterocycles. The van der Waals surface area contributed by atoms with Gasteiger partial charge >= 0.3 is 16.1 Å². The third-order valence-electron chi connectivity index (χ3n) is 2.71. The number of H-pyrrole nitrogens is 1. The molecule has 0 saturated carbocycles. The summed E-state index contributed by atoms with van der Waals surface area (Å²) in [6.45, 7) is 3.83. The number of benzene rings is 1. The van der Waals surface area contributed by atoms with Crippen molar-refractivity contribution < 1.29 is 22.1 Å². The molecule has 0 aliphatic carbocycles. The van der Waals surface area contributed by atoms with Gasteiger partial charge in [-0.3, -0.25) is 0 Å². The van der Waals surface area contributed by atoms with E-state index in [0.29, 0.717) is 10.9 Å². The van der Waals surface area contributed by atoms with Crippen LogP contribution >= 0.6 is 0 Å². The van der Waals surface area contributed by atoms with Crippen LogP contribution in [0.2, 0.25) is 0 Å². The second-order valence-corrected chi connectivity index (χ2v) is 5.94. The number of aromatic amines is 1. The number of nitrogens with one attached hydrogen (secondary N) is 1. The topological polar surface area (TPSA) is 85.5 Å². The number of rotatable bonds is 4. The number of esters is 1.